The van der Waals surface area contributed by atoms with E-state index >= 15 is 0 Å². The maximum atomic E-state index is 11.5. The van der Waals surface area contributed by atoms with E-state index in [4.69, 9.17) is 0 Å². The fourth-order valence-electron chi connectivity index (χ4n) is 3.02. The van der Waals surface area contributed by atoms with Crippen molar-refractivity contribution in [1.29, 1.82) is 0 Å². The van der Waals surface area contributed by atoms with Crippen molar-refractivity contribution < 1.29 is 9.72 Å². The summed E-state index contributed by atoms with van der Waals surface area (Å²) >= 11 is 0. The first kappa shape index (κ1) is 15.1. The van der Waals surface area contributed by atoms with Crippen molar-refractivity contribution in [1.82, 2.24) is 14.8 Å². The number of nitro benzene ring substituents is 1. The predicted octanol–water partition coefficient (Wildman–Crippen LogP) is 2.06. The summed E-state index contributed by atoms with van der Waals surface area (Å²) in [5, 5.41) is 15.5. The van der Waals surface area contributed by atoms with Crippen molar-refractivity contribution >= 4 is 17.2 Å². The standard InChI is InChI=1S/C15H17N5O3/c1-11(21)12-4-5-14(15(7-12)20(22)23)19-6-2-3-13(19)8-18-10-16-9-17-18/h4-5,7,9-10,13H,2-3,6,8H2,1H3/t13-/m1/s1. The van der Waals surface area contributed by atoms with Gasteiger partial charge >= 0.3 is 0 Å². The van der Waals surface area contributed by atoms with Gasteiger partial charge in [0.2, 0.25) is 0 Å². The predicted molar refractivity (Wildman–Crippen MR) is 83.5 cm³/mol. The van der Waals surface area contributed by atoms with Gasteiger partial charge in [0.15, 0.2) is 5.78 Å². The van der Waals surface area contributed by atoms with Crippen LogP contribution in [0.3, 0.4) is 0 Å². The lowest BCUT2D eigenvalue weighted by molar-refractivity contribution is -0.384. The minimum absolute atomic E-state index is 0.0248. The zero-order valence-corrected chi connectivity index (χ0v) is 12.8. The molecule has 0 unspecified atom stereocenters. The molecule has 23 heavy (non-hydrogen) atoms. The van der Waals surface area contributed by atoms with Crippen LogP contribution < -0.4 is 4.90 Å². The molecule has 3 rings (SSSR count). The molecule has 1 atom stereocenters. The van der Waals surface area contributed by atoms with Crippen LogP contribution in [0.4, 0.5) is 11.4 Å². The highest BCUT2D eigenvalue weighted by molar-refractivity contribution is 5.95. The minimum Gasteiger partial charge on any atom is -0.361 e. The van der Waals surface area contributed by atoms with Crippen LogP contribution >= 0.6 is 0 Å². The number of nitro groups is 1. The topological polar surface area (TPSA) is 94.2 Å². The van der Waals surface area contributed by atoms with Crippen molar-refractivity contribution in [3.63, 3.8) is 0 Å². The third-order valence-electron chi connectivity index (χ3n) is 4.13. The summed E-state index contributed by atoms with van der Waals surface area (Å²) in [4.78, 5) is 28.4. The second-order valence-corrected chi connectivity index (χ2v) is 5.62. The van der Waals surface area contributed by atoms with Gasteiger partial charge in [0, 0.05) is 24.2 Å². The smallest absolute Gasteiger partial charge is 0.293 e. The third-order valence-corrected chi connectivity index (χ3v) is 4.13. The zero-order chi connectivity index (χ0) is 16.4. The largest absolute Gasteiger partial charge is 0.361 e. The Morgan fingerprint density at radius 2 is 2.30 bits per heavy atom. The molecule has 2 aromatic rings. The lowest BCUT2D eigenvalue weighted by Crippen LogP contribution is -2.33. The number of aromatic nitrogens is 3. The monoisotopic (exact) mass is 315 g/mol. The molecule has 0 aliphatic carbocycles. The van der Waals surface area contributed by atoms with Gasteiger partial charge in [-0.1, -0.05) is 0 Å². The van der Waals surface area contributed by atoms with Crippen LogP contribution in [0.1, 0.15) is 30.1 Å². The second-order valence-electron chi connectivity index (χ2n) is 5.62. The highest BCUT2D eigenvalue weighted by Crippen LogP contribution is 2.34. The Morgan fingerprint density at radius 3 is 2.96 bits per heavy atom. The molecule has 8 nitrogen and oxygen atoms in total. The average Bonchev–Trinajstić information content (AvgIpc) is 3.18. The van der Waals surface area contributed by atoms with E-state index in [1.165, 1.54) is 19.3 Å². The number of ketones is 1. The van der Waals surface area contributed by atoms with E-state index in [-0.39, 0.29) is 17.5 Å². The molecular weight excluding hydrogens is 298 g/mol. The van der Waals surface area contributed by atoms with Crippen LogP contribution in [0.25, 0.3) is 0 Å². The molecule has 8 heteroatoms. The normalized spacial score (nSPS) is 17.4. The Hall–Kier alpha value is -2.77. The van der Waals surface area contributed by atoms with E-state index < -0.39 is 4.92 Å². The summed E-state index contributed by atoms with van der Waals surface area (Å²) < 4.78 is 1.73. The minimum atomic E-state index is -0.424. The van der Waals surface area contributed by atoms with E-state index in [2.05, 4.69) is 10.1 Å². The van der Waals surface area contributed by atoms with Crippen molar-refractivity contribution in [2.24, 2.45) is 0 Å². The van der Waals surface area contributed by atoms with E-state index in [9.17, 15) is 14.9 Å². The van der Waals surface area contributed by atoms with Crippen LogP contribution in [0, 0.1) is 10.1 Å². The second kappa shape index (κ2) is 6.15. The van der Waals surface area contributed by atoms with Crippen LogP contribution in [0.2, 0.25) is 0 Å². The lowest BCUT2D eigenvalue weighted by Gasteiger charge is -2.26. The molecule has 0 saturated carbocycles. The number of rotatable bonds is 5. The summed E-state index contributed by atoms with van der Waals surface area (Å²) in [5.74, 6) is -0.180. The molecule has 1 aromatic carbocycles. The van der Waals surface area contributed by atoms with Gasteiger partial charge in [0.25, 0.3) is 5.69 Å². The van der Waals surface area contributed by atoms with Gasteiger partial charge in [-0.15, -0.1) is 0 Å². The van der Waals surface area contributed by atoms with Crippen molar-refractivity contribution in [3.05, 3.63) is 46.5 Å². The number of hydrogen-bond donors (Lipinski definition) is 0. The summed E-state index contributed by atoms with van der Waals surface area (Å²) in [7, 11) is 0. The Bertz CT molecular complexity index is 729. The molecule has 0 radical (unpaired) electrons. The Balaban J connectivity index is 1.92. The zero-order valence-electron chi connectivity index (χ0n) is 12.8. The lowest BCUT2D eigenvalue weighted by atomic mass is 10.1. The molecule has 1 aromatic heterocycles. The number of anilines is 1. The van der Waals surface area contributed by atoms with E-state index in [0.29, 0.717) is 17.8 Å². The highest BCUT2D eigenvalue weighted by Gasteiger charge is 2.30. The Morgan fingerprint density at radius 1 is 1.48 bits per heavy atom. The van der Waals surface area contributed by atoms with Gasteiger partial charge in [-0.25, -0.2) is 4.98 Å². The van der Waals surface area contributed by atoms with Crippen LogP contribution in [0.15, 0.2) is 30.9 Å². The van der Waals surface area contributed by atoms with Crippen LogP contribution in [-0.4, -0.2) is 38.1 Å². The molecule has 1 aliphatic rings. The van der Waals surface area contributed by atoms with Gasteiger partial charge < -0.3 is 4.90 Å². The summed E-state index contributed by atoms with van der Waals surface area (Å²) in [6.45, 7) is 2.79. The molecule has 1 fully saturated rings. The molecule has 0 N–H and O–H groups in total. The first-order chi connectivity index (χ1) is 11.1. The van der Waals surface area contributed by atoms with E-state index in [1.807, 2.05) is 4.90 Å². The number of carbonyl (C=O) groups is 1. The van der Waals surface area contributed by atoms with Crippen LogP contribution in [0.5, 0.6) is 0 Å². The maximum Gasteiger partial charge on any atom is 0.293 e. The summed E-state index contributed by atoms with van der Waals surface area (Å²) in [6.07, 6.45) is 5.02. The summed E-state index contributed by atoms with van der Waals surface area (Å²) in [5.41, 5.74) is 0.887. The molecule has 0 bridgehead atoms. The summed E-state index contributed by atoms with van der Waals surface area (Å²) in [6, 6.07) is 4.81. The fourth-order valence-corrected chi connectivity index (χ4v) is 3.02. The highest BCUT2D eigenvalue weighted by atomic mass is 16.6. The van der Waals surface area contributed by atoms with E-state index in [0.717, 1.165) is 19.4 Å². The molecule has 0 amide bonds. The number of carbonyl (C=O) groups excluding carboxylic acids is 1. The quantitative estimate of drug-likeness (QED) is 0.476. The number of benzene rings is 1. The molecule has 1 saturated heterocycles. The fraction of sp³-hybridized carbons (Fsp3) is 0.400. The molecular formula is C15H17N5O3. The first-order valence-electron chi connectivity index (χ1n) is 7.44. The van der Waals surface area contributed by atoms with Gasteiger partial charge in [-0.05, 0) is 31.9 Å². The van der Waals surface area contributed by atoms with Crippen LogP contribution in [-0.2, 0) is 6.54 Å². The Labute approximate surface area is 132 Å². The molecule has 1 aliphatic heterocycles. The third kappa shape index (κ3) is 3.05. The number of nitrogens with zero attached hydrogens (tertiary/aromatic N) is 5. The maximum absolute atomic E-state index is 11.5. The van der Waals surface area contributed by atoms with Gasteiger partial charge in [-0.3, -0.25) is 19.6 Å². The SMILES string of the molecule is CC(=O)c1ccc(N2CCC[C@@H]2Cn2cncn2)c([N+](=O)[O-])c1. The van der Waals surface area contributed by atoms with Crippen molar-refractivity contribution in [2.45, 2.75) is 32.4 Å². The number of hydrogen-bond acceptors (Lipinski definition) is 6. The molecule has 2 heterocycles. The van der Waals surface area contributed by atoms with Crippen molar-refractivity contribution in [3.8, 4) is 0 Å². The first-order valence-corrected chi connectivity index (χ1v) is 7.44. The number of Topliss-reactive ketones (excluding diaryl/α,β-unsaturated/α-hetero) is 1. The van der Waals surface area contributed by atoms with Gasteiger partial charge in [0.1, 0.15) is 18.3 Å². The van der Waals surface area contributed by atoms with Gasteiger partial charge in [0.05, 0.1) is 11.5 Å². The van der Waals surface area contributed by atoms with E-state index in [1.54, 1.807) is 23.1 Å². The van der Waals surface area contributed by atoms with Crippen molar-refractivity contribution in [2.75, 3.05) is 11.4 Å². The Kier molecular flexibility index (Phi) is 4.05. The molecule has 120 valence electrons. The molecule has 0 spiro atoms. The average molecular weight is 315 g/mol. The van der Waals surface area contributed by atoms with Gasteiger partial charge in [-0.2, -0.15) is 5.10 Å².